The van der Waals surface area contributed by atoms with Gasteiger partial charge in [-0.2, -0.15) is 0 Å². The van der Waals surface area contributed by atoms with E-state index >= 15 is 0 Å². The minimum Gasteiger partial charge on any atom is -0.506 e. The van der Waals surface area contributed by atoms with Crippen LogP contribution in [0.5, 0.6) is 11.6 Å². The molecule has 2 aliphatic rings. The lowest BCUT2D eigenvalue weighted by Crippen LogP contribution is -2.47. The van der Waals surface area contributed by atoms with E-state index in [1.807, 2.05) is 32.9 Å². The van der Waals surface area contributed by atoms with Crippen molar-refractivity contribution in [3.05, 3.63) is 35.0 Å². The summed E-state index contributed by atoms with van der Waals surface area (Å²) in [5.74, 6) is 1.02. The van der Waals surface area contributed by atoms with Gasteiger partial charge >= 0.3 is 6.09 Å². The van der Waals surface area contributed by atoms with E-state index < -0.39 is 5.60 Å². The molecule has 8 nitrogen and oxygen atoms in total. The van der Waals surface area contributed by atoms with E-state index in [1.165, 1.54) is 0 Å². The summed E-state index contributed by atoms with van der Waals surface area (Å²) in [6.07, 6.45) is 0.251. The topological polar surface area (TPSA) is 88.9 Å². The Morgan fingerprint density at radius 1 is 1.35 bits per heavy atom. The van der Waals surface area contributed by atoms with Crippen molar-refractivity contribution in [1.29, 1.82) is 0 Å². The number of benzene rings is 1. The third-order valence-electron chi connectivity index (χ3n) is 5.66. The lowest BCUT2D eigenvalue weighted by Gasteiger charge is -2.37. The van der Waals surface area contributed by atoms with Gasteiger partial charge in [0.1, 0.15) is 23.6 Å². The molecule has 0 bridgehead atoms. The first-order chi connectivity index (χ1) is 14.7. The van der Waals surface area contributed by atoms with Crippen molar-refractivity contribution >= 4 is 6.09 Å². The Bertz CT molecular complexity index is 977. The molecule has 3 heterocycles. The van der Waals surface area contributed by atoms with E-state index in [1.54, 1.807) is 15.6 Å². The highest BCUT2D eigenvalue weighted by molar-refractivity contribution is 5.70. The minimum atomic E-state index is -0.570. The summed E-state index contributed by atoms with van der Waals surface area (Å²) < 4.78 is 13.4. The highest BCUT2D eigenvalue weighted by Crippen LogP contribution is 2.40. The van der Waals surface area contributed by atoms with Gasteiger partial charge in [-0.1, -0.05) is 19.9 Å². The van der Waals surface area contributed by atoms with Gasteiger partial charge in [0.15, 0.2) is 0 Å². The van der Waals surface area contributed by atoms with Gasteiger partial charge in [-0.15, -0.1) is 5.10 Å². The molecule has 2 aliphatic heterocycles. The number of phenolic OH excluding ortho intramolecular Hbond substituents is 1. The quantitative estimate of drug-likeness (QED) is 0.761. The predicted molar refractivity (Wildman–Crippen MR) is 117 cm³/mol. The maximum Gasteiger partial charge on any atom is 0.410 e. The van der Waals surface area contributed by atoms with Gasteiger partial charge in [0.2, 0.25) is 5.88 Å². The molecule has 0 aliphatic carbocycles. The first kappa shape index (κ1) is 21.5. The minimum absolute atomic E-state index is 0.183. The van der Waals surface area contributed by atoms with E-state index in [0.29, 0.717) is 50.1 Å². The highest BCUT2D eigenvalue weighted by atomic mass is 16.6. The SMILES string of the molecule is CC(C)c1ccc(-n2nc3c4c2CCN(C(=O)OC(C)(C)C)C4CNCCO3)c(O)c1. The summed E-state index contributed by atoms with van der Waals surface area (Å²) in [7, 11) is 0. The molecule has 1 aromatic carbocycles. The van der Waals surface area contributed by atoms with Gasteiger partial charge in [-0.05, 0) is 44.4 Å². The summed E-state index contributed by atoms with van der Waals surface area (Å²) >= 11 is 0. The molecule has 0 fully saturated rings. The van der Waals surface area contributed by atoms with Gasteiger partial charge in [-0.3, -0.25) is 4.90 Å². The first-order valence-electron chi connectivity index (χ1n) is 10.9. The average Bonchev–Trinajstić information content (AvgIpc) is 3.02. The lowest BCUT2D eigenvalue weighted by atomic mass is 9.97. The zero-order valence-electron chi connectivity index (χ0n) is 18.9. The van der Waals surface area contributed by atoms with Crippen LogP contribution in [-0.2, 0) is 11.2 Å². The number of rotatable bonds is 2. The monoisotopic (exact) mass is 428 g/mol. The molecule has 168 valence electrons. The zero-order valence-corrected chi connectivity index (χ0v) is 18.9. The summed E-state index contributed by atoms with van der Waals surface area (Å²) in [5.41, 5.74) is 2.95. The van der Waals surface area contributed by atoms with Crippen LogP contribution in [-0.4, -0.2) is 57.7 Å². The van der Waals surface area contributed by atoms with Crippen LogP contribution in [0.2, 0.25) is 0 Å². The number of hydrogen-bond acceptors (Lipinski definition) is 6. The Morgan fingerprint density at radius 3 is 2.81 bits per heavy atom. The smallest absolute Gasteiger partial charge is 0.410 e. The number of amides is 1. The third-order valence-corrected chi connectivity index (χ3v) is 5.66. The highest BCUT2D eigenvalue weighted by Gasteiger charge is 2.39. The first-order valence-corrected chi connectivity index (χ1v) is 10.9. The molecule has 1 atom stereocenters. The Hall–Kier alpha value is -2.74. The predicted octanol–water partition coefficient (Wildman–Crippen LogP) is 3.52. The van der Waals surface area contributed by atoms with Crippen LogP contribution < -0.4 is 10.1 Å². The third kappa shape index (κ3) is 4.21. The second-order valence-electron chi connectivity index (χ2n) is 9.47. The van der Waals surface area contributed by atoms with Gasteiger partial charge in [0.05, 0.1) is 17.3 Å². The molecule has 0 saturated carbocycles. The Balaban J connectivity index is 1.76. The fraction of sp³-hybridized carbons (Fsp3) is 0.565. The van der Waals surface area contributed by atoms with E-state index in [2.05, 4.69) is 19.2 Å². The number of ether oxygens (including phenoxy) is 2. The van der Waals surface area contributed by atoms with E-state index in [-0.39, 0.29) is 17.9 Å². The van der Waals surface area contributed by atoms with E-state index in [4.69, 9.17) is 14.6 Å². The molecule has 2 aromatic rings. The van der Waals surface area contributed by atoms with Crippen LogP contribution >= 0.6 is 0 Å². The zero-order chi connectivity index (χ0) is 22.3. The van der Waals surface area contributed by atoms with Gasteiger partial charge < -0.3 is 19.9 Å². The second-order valence-corrected chi connectivity index (χ2v) is 9.47. The molecule has 2 N–H and O–H groups in total. The molecule has 31 heavy (non-hydrogen) atoms. The molecular formula is C23H32N4O4. The fourth-order valence-electron chi connectivity index (χ4n) is 4.15. The molecule has 1 unspecified atom stereocenters. The van der Waals surface area contributed by atoms with Crippen LogP contribution in [0.1, 0.15) is 63.4 Å². The normalized spacial score (nSPS) is 18.8. The molecular weight excluding hydrogens is 396 g/mol. The maximum absolute atomic E-state index is 12.9. The van der Waals surface area contributed by atoms with Gasteiger partial charge in [0.25, 0.3) is 0 Å². The molecule has 0 radical (unpaired) electrons. The number of aromatic hydroxyl groups is 1. The average molecular weight is 429 g/mol. The van der Waals surface area contributed by atoms with Crippen LogP contribution in [0, 0.1) is 0 Å². The number of carbonyl (C=O) groups is 1. The maximum atomic E-state index is 12.9. The van der Waals surface area contributed by atoms with Crippen molar-refractivity contribution in [3.8, 4) is 17.3 Å². The van der Waals surface area contributed by atoms with Crippen molar-refractivity contribution in [3.63, 3.8) is 0 Å². The van der Waals surface area contributed by atoms with Crippen LogP contribution in [0.25, 0.3) is 5.69 Å². The van der Waals surface area contributed by atoms with Crippen LogP contribution in [0.15, 0.2) is 18.2 Å². The van der Waals surface area contributed by atoms with E-state index in [0.717, 1.165) is 16.8 Å². The number of carbonyl (C=O) groups excluding carboxylic acids is 1. The largest absolute Gasteiger partial charge is 0.506 e. The van der Waals surface area contributed by atoms with Crippen molar-refractivity contribution < 1.29 is 19.4 Å². The molecule has 8 heteroatoms. The van der Waals surface area contributed by atoms with Crippen molar-refractivity contribution in [1.82, 2.24) is 20.0 Å². The standard InChI is InChI=1S/C23H32N4O4/c1-14(2)15-6-7-16(19(28)12-15)27-17-8-10-26(22(29)31-23(3,4)5)18-13-24-9-11-30-21(25-27)20(17)18/h6-7,12,14,18,24,28H,8-11,13H2,1-5H3. The summed E-state index contributed by atoms with van der Waals surface area (Å²) in [6.45, 7) is 12.0. The number of hydrogen-bond donors (Lipinski definition) is 2. The summed E-state index contributed by atoms with van der Waals surface area (Å²) in [5, 5.41) is 18.8. The fourth-order valence-corrected chi connectivity index (χ4v) is 4.15. The second kappa shape index (κ2) is 8.07. The molecule has 0 saturated heterocycles. The van der Waals surface area contributed by atoms with Crippen LogP contribution in [0.4, 0.5) is 4.79 Å². The molecule has 0 spiro atoms. The number of nitrogens with zero attached hydrogens (tertiary/aromatic N) is 3. The number of aromatic nitrogens is 2. The van der Waals surface area contributed by atoms with E-state index in [9.17, 15) is 9.90 Å². The van der Waals surface area contributed by atoms with Crippen molar-refractivity contribution in [2.45, 2.75) is 58.6 Å². The number of phenols is 1. The Labute approximate surface area is 183 Å². The molecule has 1 amide bonds. The Kier molecular flexibility index (Phi) is 5.60. The Morgan fingerprint density at radius 2 is 2.13 bits per heavy atom. The summed E-state index contributed by atoms with van der Waals surface area (Å²) in [6, 6.07) is 5.46. The molecule has 1 aromatic heterocycles. The van der Waals surface area contributed by atoms with Crippen molar-refractivity contribution in [2.24, 2.45) is 0 Å². The van der Waals surface area contributed by atoms with Crippen molar-refractivity contribution in [2.75, 3.05) is 26.2 Å². The molecule has 4 rings (SSSR count). The van der Waals surface area contributed by atoms with Crippen LogP contribution in [0.3, 0.4) is 0 Å². The van der Waals surface area contributed by atoms with Gasteiger partial charge in [0, 0.05) is 26.1 Å². The summed E-state index contributed by atoms with van der Waals surface area (Å²) in [4.78, 5) is 14.7. The number of nitrogens with one attached hydrogen (secondary N) is 1. The van der Waals surface area contributed by atoms with Gasteiger partial charge in [-0.25, -0.2) is 9.48 Å². The lowest BCUT2D eigenvalue weighted by molar-refractivity contribution is 0.0133.